The molecule has 0 saturated carbocycles. The summed E-state index contributed by atoms with van der Waals surface area (Å²) < 4.78 is 11.6. The average Bonchev–Trinajstić information content (AvgIpc) is 3.17. The standard InChI is InChI=1S/C22H18N2O3S/c1-26-17-12-13-18(27-2)20-19(17)23-22(28-20)24-21(25)16-10-8-15(9-11-16)14-6-4-3-5-7-14/h3-13H,1-2H3,(H,23,24,25). The molecule has 0 radical (unpaired) electrons. The van der Waals surface area contributed by atoms with Gasteiger partial charge in [0.1, 0.15) is 21.7 Å². The molecule has 0 aliphatic rings. The van der Waals surface area contributed by atoms with Crippen LogP contribution in [0, 0.1) is 0 Å². The van der Waals surface area contributed by atoms with Gasteiger partial charge in [-0.3, -0.25) is 10.1 Å². The maximum atomic E-state index is 12.6. The highest BCUT2D eigenvalue weighted by atomic mass is 32.1. The van der Waals surface area contributed by atoms with E-state index in [9.17, 15) is 4.79 Å². The zero-order valence-electron chi connectivity index (χ0n) is 15.4. The molecule has 3 aromatic carbocycles. The molecular formula is C22H18N2O3S. The zero-order chi connectivity index (χ0) is 19.5. The number of ether oxygens (including phenoxy) is 2. The van der Waals surface area contributed by atoms with Gasteiger partial charge in [-0.15, -0.1) is 0 Å². The van der Waals surface area contributed by atoms with Crippen molar-refractivity contribution in [1.29, 1.82) is 0 Å². The Morgan fingerprint density at radius 2 is 1.50 bits per heavy atom. The summed E-state index contributed by atoms with van der Waals surface area (Å²) >= 11 is 1.35. The first-order chi connectivity index (χ1) is 13.7. The van der Waals surface area contributed by atoms with Crippen LogP contribution in [0.5, 0.6) is 11.5 Å². The van der Waals surface area contributed by atoms with E-state index in [1.54, 1.807) is 20.3 Å². The first-order valence-electron chi connectivity index (χ1n) is 8.68. The monoisotopic (exact) mass is 390 g/mol. The van der Waals surface area contributed by atoms with E-state index in [1.165, 1.54) is 11.3 Å². The number of rotatable bonds is 5. The van der Waals surface area contributed by atoms with Crippen LogP contribution >= 0.6 is 11.3 Å². The molecule has 4 rings (SSSR count). The summed E-state index contributed by atoms with van der Waals surface area (Å²) in [6.07, 6.45) is 0. The van der Waals surface area contributed by atoms with Gasteiger partial charge in [-0.2, -0.15) is 0 Å². The van der Waals surface area contributed by atoms with Gasteiger partial charge in [0.2, 0.25) is 0 Å². The predicted octanol–water partition coefficient (Wildman–Crippen LogP) is 5.23. The summed E-state index contributed by atoms with van der Waals surface area (Å²) in [4.78, 5) is 17.1. The number of fused-ring (bicyclic) bond motifs is 1. The minimum Gasteiger partial charge on any atom is -0.495 e. The van der Waals surface area contributed by atoms with E-state index in [4.69, 9.17) is 9.47 Å². The number of benzene rings is 3. The normalized spacial score (nSPS) is 10.6. The molecule has 0 atom stereocenters. The lowest BCUT2D eigenvalue weighted by Crippen LogP contribution is -2.11. The summed E-state index contributed by atoms with van der Waals surface area (Å²) in [5.41, 5.74) is 3.41. The second-order valence-corrected chi connectivity index (χ2v) is 7.06. The van der Waals surface area contributed by atoms with Gasteiger partial charge in [-0.25, -0.2) is 4.98 Å². The fraction of sp³-hybridized carbons (Fsp3) is 0.0909. The number of hydrogen-bond donors (Lipinski definition) is 1. The molecule has 0 aliphatic heterocycles. The van der Waals surface area contributed by atoms with Crippen molar-refractivity contribution in [3.8, 4) is 22.6 Å². The fourth-order valence-corrected chi connectivity index (χ4v) is 3.92. The van der Waals surface area contributed by atoms with Crippen molar-refractivity contribution in [2.45, 2.75) is 0 Å². The maximum absolute atomic E-state index is 12.6. The van der Waals surface area contributed by atoms with Gasteiger partial charge < -0.3 is 9.47 Å². The molecule has 1 heterocycles. The van der Waals surface area contributed by atoms with Gasteiger partial charge >= 0.3 is 0 Å². The van der Waals surface area contributed by atoms with Gasteiger partial charge in [0, 0.05) is 5.56 Å². The number of methoxy groups -OCH3 is 2. The fourth-order valence-electron chi connectivity index (χ4n) is 2.95. The third-order valence-corrected chi connectivity index (χ3v) is 5.37. The number of nitrogens with zero attached hydrogens (tertiary/aromatic N) is 1. The number of carbonyl (C=O) groups excluding carboxylic acids is 1. The van der Waals surface area contributed by atoms with Crippen molar-refractivity contribution >= 4 is 32.6 Å². The summed E-state index contributed by atoms with van der Waals surface area (Å²) in [7, 11) is 3.20. The molecule has 140 valence electrons. The number of anilines is 1. The minimum absolute atomic E-state index is 0.211. The number of amides is 1. The summed E-state index contributed by atoms with van der Waals surface area (Å²) in [6.45, 7) is 0. The van der Waals surface area contributed by atoms with Crippen LogP contribution in [0.2, 0.25) is 0 Å². The van der Waals surface area contributed by atoms with Crippen molar-refractivity contribution in [2.24, 2.45) is 0 Å². The quantitative estimate of drug-likeness (QED) is 0.507. The SMILES string of the molecule is COc1ccc(OC)c2sc(NC(=O)c3ccc(-c4ccccc4)cc3)nc12. The van der Waals surface area contributed by atoms with Crippen LogP contribution in [-0.2, 0) is 0 Å². The van der Waals surface area contributed by atoms with Crippen LogP contribution in [0.4, 0.5) is 5.13 Å². The molecule has 0 aliphatic carbocycles. The lowest BCUT2D eigenvalue weighted by atomic mass is 10.0. The third-order valence-electron chi connectivity index (χ3n) is 4.38. The number of hydrogen-bond acceptors (Lipinski definition) is 5. The zero-order valence-corrected chi connectivity index (χ0v) is 16.2. The molecule has 28 heavy (non-hydrogen) atoms. The Labute approximate surface area is 166 Å². The number of aromatic nitrogens is 1. The van der Waals surface area contributed by atoms with Gasteiger partial charge in [0.15, 0.2) is 5.13 Å². The van der Waals surface area contributed by atoms with Crippen molar-refractivity contribution in [3.05, 3.63) is 72.3 Å². The Bertz CT molecular complexity index is 1080. The van der Waals surface area contributed by atoms with Crippen LogP contribution in [0.15, 0.2) is 66.7 Å². The van der Waals surface area contributed by atoms with E-state index in [0.717, 1.165) is 15.8 Å². The molecule has 0 spiro atoms. The van der Waals surface area contributed by atoms with Crippen molar-refractivity contribution in [3.63, 3.8) is 0 Å². The van der Waals surface area contributed by atoms with Gasteiger partial charge in [0.25, 0.3) is 5.91 Å². The van der Waals surface area contributed by atoms with Gasteiger partial charge in [-0.05, 0) is 35.4 Å². The van der Waals surface area contributed by atoms with Crippen LogP contribution in [0.1, 0.15) is 10.4 Å². The third kappa shape index (κ3) is 3.42. The van der Waals surface area contributed by atoms with Crippen LogP contribution in [-0.4, -0.2) is 25.1 Å². The van der Waals surface area contributed by atoms with E-state index >= 15 is 0 Å². The number of thiazole rings is 1. The maximum Gasteiger partial charge on any atom is 0.257 e. The van der Waals surface area contributed by atoms with Gasteiger partial charge in [0.05, 0.1) is 14.2 Å². The highest BCUT2D eigenvalue weighted by Gasteiger charge is 2.16. The molecule has 0 saturated heterocycles. The second kappa shape index (κ2) is 7.70. The van der Waals surface area contributed by atoms with E-state index in [2.05, 4.69) is 10.3 Å². The Morgan fingerprint density at radius 1 is 0.857 bits per heavy atom. The smallest absolute Gasteiger partial charge is 0.257 e. The molecule has 0 unspecified atom stereocenters. The molecule has 0 bridgehead atoms. The lowest BCUT2D eigenvalue weighted by Gasteiger charge is -2.04. The van der Waals surface area contributed by atoms with Crippen molar-refractivity contribution in [1.82, 2.24) is 4.98 Å². The number of carbonyl (C=O) groups is 1. The molecule has 5 nitrogen and oxygen atoms in total. The van der Waals surface area contributed by atoms with Crippen molar-refractivity contribution < 1.29 is 14.3 Å². The number of nitrogens with one attached hydrogen (secondary N) is 1. The van der Waals surface area contributed by atoms with Gasteiger partial charge in [-0.1, -0.05) is 53.8 Å². The minimum atomic E-state index is -0.211. The van der Waals surface area contributed by atoms with Crippen LogP contribution in [0.25, 0.3) is 21.3 Å². The summed E-state index contributed by atoms with van der Waals surface area (Å²) in [5.74, 6) is 1.12. The van der Waals surface area contributed by atoms with E-state index in [-0.39, 0.29) is 5.91 Å². The van der Waals surface area contributed by atoms with E-state index < -0.39 is 0 Å². The molecule has 4 aromatic rings. The summed E-state index contributed by atoms with van der Waals surface area (Å²) in [6, 6.07) is 21.2. The molecule has 1 aromatic heterocycles. The molecule has 0 fully saturated rings. The highest BCUT2D eigenvalue weighted by Crippen LogP contribution is 2.38. The highest BCUT2D eigenvalue weighted by molar-refractivity contribution is 7.22. The first-order valence-corrected chi connectivity index (χ1v) is 9.49. The Kier molecular flexibility index (Phi) is 4.95. The van der Waals surface area contributed by atoms with Crippen molar-refractivity contribution in [2.75, 3.05) is 19.5 Å². The average molecular weight is 390 g/mol. The first kappa shape index (κ1) is 18.0. The Morgan fingerprint density at radius 3 is 2.18 bits per heavy atom. The van der Waals surface area contributed by atoms with E-state index in [1.807, 2.05) is 60.7 Å². The lowest BCUT2D eigenvalue weighted by molar-refractivity contribution is 0.102. The topological polar surface area (TPSA) is 60.5 Å². The second-order valence-electron chi connectivity index (χ2n) is 6.06. The largest absolute Gasteiger partial charge is 0.495 e. The van der Waals surface area contributed by atoms with Crippen LogP contribution < -0.4 is 14.8 Å². The molecular weight excluding hydrogens is 372 g/mol. The predicted molar refractivity (Wildman–Crippen MR) is 113 cm³/mol. The summed E-state index contributed by atoms with van der Waals surface area (Å²) in [5, 5.41) is 3.36. The Hall–Kier alpha value is -3.38. The van der Waals surface area contributed by atoms with Crippen LogP contribution in [0.3, 0.4) is 0 Å². The molecule has 1 N–H and O–H groups in total. The Balaban J connectivity index is 1.58. The molecule has 1 amide bonds. The molecule has 6 heteroatoms. The van der Waals surface area contributed by atoms with E-state index in [0.29, 0.717) is 27.7 Å².